The van der Waals surface area contributed by atoms with Crippen LogP contribution in [0, 0.1) is 0 Å². The number of unbranched alkanes of at least 4 members (excludes halogenated alkanes) is 4. The quantitative estimate of drug-likeness (QED) is 0.391. The van der Waals surface area contributed by atoms with Gasteiger partial charge < -0.3 is 21.5 Å². The maximum absolute atomic E-state index is 12.3. The molecule has 7 heteroatoms. The molecule has 0 radical (unpaired) electrons. The molecule has 1 aromatic rings. The van der Waals surface area contributed by atoms with E-state index in [9.17, 15) is 19.5 Å². The Morgan fingerprint density at radius 3 is 2.48 bits per heavy atom. The van der Waals surface area contributed by atoms with Gasteiger partial charge in [0, 0.05) is 13.0 Å². The number of phenols is 1. The monoisotopic (exact) mass is 377 g/mol. The number of amides is 3. The third-order valence-electron chi connectivity index (χ3n) is 4.25. The largest absolute Gasteiger partial charge is 0.508 e. The van der Waals surface area contributed by atoms with Crippen molar-refractivity contribution < 1.29 is 19.5 Å². The summed E-state index contributed by atoms with van der Waals surface area (Å²) in [4.78, 5) is 35.6. The minimum atomic E-state index is -0.977. The van der Waals surface area contributed by atoms with E-state index in [0.29, 0.717) is 18.4 Å². The molecule has 0 aliphatic rings. The van der Waals surface area contributed by atoms with Gasteiger partial charge in [0.25, 0.3) is 0 Å². The molecule has 27 heavy (non-hydrogen) atoms. The molecule has 0 saturated heterocycles. The topological polar surface area (TPSA) is 122 Å². The summed E-state index contributed by atoms with van der Waals surface area (Å²) in [5.41, 5.74) is 5.91. The highest BCUT2D eigenvalue weighted by Gasteiger charge is 2.22. The molecular weight excluding hydrogens is 346 g/mol. The van der Waals surface area contributed by atoms with Crippen LogP contribution in [-0.2, 0) is 20.8 Å². The van der Waals surface area contributed by atoms with Crippen molar-refractivity contribution in [2.24, 2.45) is 5.73 Å². The first kappa shape index (κ1) is 22.5. The van der Waals surface area contributed by atoms with Gasteiger partial charge in [0.1, 0.15) is 11.8 Å². The molecule has 5 N–H and O–H groups in total. The average molecular weight is 377 g/mol. The van der Waals surface area contributed by atoms with Crippen molar-refractivity contribution in [3.8, 4) is 5.75 Å². The number of hydrogen-bond acceptors (Lipinski definition) is 4. The van der Waals surface area contributed by atoms with Crippen LogP contribution in [0.5, 0.6) is 5.75 Å². The van der Waals surface area contributed by atoms with Crippen molar-refractivity contribution >= 4 is 17.7 Å². The molecule has 0 bridgehead atoms. The predicted octanol–water partition coefficient (Wildman–Crippen LogP) is 1.77. The first-order valence-corrected chi connectivity index (χ1v) is 9.56. The number of hydrogen-bond donors (Lipinski definition) is 4. The van der Waals surface area contributed by atoms with Crippen molar-refractivity contribution in [1.82, 2.24) is 10.6 Å². The van der Waals surface area contributed by atoms with Crippen LogP contribution in [0.15, 0.2) is 24.3 Å². The molecule has 7 nitrogen and oxygen atoms in total. The Morgan fingerprint density at radius 1 is 1.11 bits per heavy atom. The minimum absolute atomic E-state index is 0.164. The first-order valence-electron chi connectivity index (χ1n) is 9.56. The lowest BCUT2D eigenvalue weighted by Gasteiger charge is -2.17. The first-order chi connectivity index (χ1) is 12.9. The summed E-state index contributed by atoms with van der Waals surface area (Å²) >= 11 is 0. The average Bonchev–Trinajstić information content (AvgIpc) is 2.62. The van der Waals surface area contributed by atoms with Gasteiger partial charge in [-0.2, -0.15) is 0 Å². The van der Waals surface area contributed by atoms with Gasteiger partial charge in [0.2, 0.25) is 17.7 Å². The molecule has 0 aliphatic heterocycles. The van der Waals surface area contributed by atoms with Crippen LogP contribution < -0.4 is 16.4 Å². The normalized spacial score (nSPS) is 11.6. The Balaban J connectivity index is 2.44. The van der Waals surface area contributed by atoms with Crippen LogP contribution in [0.3, 0.4) is 0 Å². The van der Waals surface area contributed by atoms with Crippen LogP contribution in [0.1, 0.15) is 57.4 Å². The molecule has 1 aromatic carbocycles. The number of nitrogens with one attached hydrogen (secondary N) is 2. The molecule has 150 valence electrons. The molecule has 0 aliphatic carbocycles. The smallest absolute Gasteiger partial charge is 0.243 e. The second kappa shape index (κ2) is 12.7. The van der Waals surface area contributed by atoms with Gasteiger partial charge in [-0.15, -0.1) is 0 Å². The van der Waals surface area contributed by atoms with Crippen molar-refractivity contribution in [2.75, 3.05) is 6.54 Å². The summed E-state index contributed by atoms with van der Waals surface area (Å²) in [6, 6.07) is 5.89. The van der Waals surface area contributed by atoms with E-state index in [1.54, 1.807) is 24.3 Å². The molecule has 1 atom stereocenters. The molecule has 0 aromatic heterocycles. The van der Waals surface area contributed by atoms with Gasteiger partial charge in [-0.05, 0) is 24.5 Å². The zero-order valence-electron chi connectivity index (χ0n) is 16.0. The fraction of sp³-hybridized carbons (Fsp3) is 0.550. The fourth-order valence-corrected chi connectivity index (χ4v) is 2.73. The molecule has 1 rings (SSSR count). The van der Waals surface area contributed by atoms with Crippen molar-refractivity contribution in [3.63, 3.8) is 0 Å². The molecule has 0 heterocycles. The fourth-order valence-electron chi connectivity index (χ4n) is 2.73. The van der Waals surface area contributed by atoms with Crippen LogP contribution >= 0.6 is 0 Å². The number of phenolic OH excluding ortho intramolecular Hbond substituents is 1. The van der Waals surface area contributed by atoms with E-state index < -0.39 is 17.9 Å². The van der Waals surface area contributed by atoms with E-state index in [0.717, 1.165) is 32.1 Å². The number of aromatic hydroxyl groups is 1. The summed E-state index contributed by atoms with van der Waals surface area (Å²) in [6.45, 7) is 2.40. The Kier molecular flexibility index (Phi) is 10.6. The van der Waals surface area contributed by atoms with Gasteiger partial charge in [-0.3, -0.25) is 14.4 Å². The van der Waals surface area contributed by atoms with Crippen LogP contribution in [0.2, 0.25) is 0 Å². The van der Waals surface area contributed by atoms with Crippen molar-refractivity contribution in [3.05, 3.63) is 29.8 Å². The summed E-state index contributed by atoms with van der Waals surface area (Å²) in [5, 5.41) is 15.0. The molecular formula is C20H31N3O4. The number of primary amides is 1. The number of benzene rings is 1. The number of nitrogens with two attached hydrogens (primary N) is 1. The molecule has 3 amide bonds. The second-order valence-corrected chi connectivity index (χ2v) is 6.62. The summed E-state index contributed by atoms with van der Waals surface area (Å²) < 4.78 is 0. The van der Waals surface area contributed by atoms with Gasteiger partial charge >= 0.3 is 0 Å². The third kappa shape index (κ3) is 9.63. The van der Waals surface area contributed by atoms with Gasteiger partial charge in [-0.25, -0.2) is 0 Å². The standard InChI is InChI=1S/C20H31N3O4/c1-2-3-4-5-6-11-19(26)23-16(14-18(21)25)20(27)22-13-12-15-9-7-8-10-17(15)24/h7-10,16,24H,2-6,11-14H2,1H3,(H2,21,25)(H,22,27)(H,23,26)/t16-/m1/s1. The number of para-hydroxylation sites is 1. The molecule has 0 unspecified atom stereocenters. The highest BCUT2D eigenvalue weighted by molar-refractivity contribution is 5.91. The van der Waals surface area contributed by atoms with E-state index >= 15 is 0 Å². The SMILES string of the molecule is CCCCCCCC(=O)N[C@H](CC(N)=O)C(=O)NCCc1ccccc1O. The lowest BCUT2D eigenvalue weighted by Crippen LogP contribution is -2.48. The highest BCUT2D eigenvalue weighted by atomic mass is 16.3. The number of carbonyl (C=O) groups excluding carboxylic acids is 3. The zero-order chi connectivity index (χ0) is 20.1. The van der Waals surface area contributed by atoms with E-state index in [1.807, 2.05) is 0 Å². The summed E-state index contributed by atoms with van der Waals surface area (Å²) in [6.07, 6.45) is 5.60. The maximum Gasteiger partial charge on any atom is 0.243 e. The summed E-state index contributed by atoms with van der Waals surface area (Å²) in [7, 11) is 0. The van der Waals surface area contributed by atoms with E-state index in [-0.39, 0.29) is 24.6 Å². The predicted molar refractivity (Wildman–Crippen MR) is 104 cm³/mol. The Bertz CT molecular complexity index is 619. The van der Waals surface area contributed by atoms with E-state index in [1.165, 1.54) is 0 Å². The summed E-state index contributed by atoms with van der Waals surface area (Å²) in [5.74, 6) is -1.20. The number of rotatable bonds is 13. The third-order valence-corrected chi connectivity index (χ3v) is 4.25. The van der Waals surface area contributed by atoms with Crippen LogP contribution in [0.25, 0.3) is 0 Å². The Morgan fingerprint density at radius 2 is 1.81 bits per heavy atom. The second-order valence-electron chi connectivity index (χ2n) is 6.62. The molecule has 0 saturated carbocycles. The van der Waals surface area contributed by atoms with E-state index in [2.05, 4.69) is 17.6 Å². The molecule has 0 fully saturated rings. The van der Waals surface area contributed by atoms with Gasteiger partial charge in [-0.1, -0.05) is 50.8 Å². The highest BCUT2D eigenvalue weighted by Crippen LogP contribution is 2.15. The maximum atomic E-state index is 12.3. The van der Waals surface area contributed by atoms with Crippen LogP contribution in [-0.4, -0.2) is 35.4 Å². The van der Waals surface area contributed by atoms with Gasteiger partial charge in [0.05, 0.1) is 6.42 Å². The van der Waals surface area contributed by atoms with Crippen molar-refractivity contribution in [2.45, 2.75) is 64.3 Å². The lowest BCUT2D eigenvalue weighted by atomic mass is 10.1. The Hall–Kier alpha value is -2.57. The molecule has 0 spiro atoms. The zero-order valence-corrected chi connectivity index (χ0v) is 16.0. The van der Waals surface area contributed by atoms with Crippen molar-refractivity contribution in [1.29, 1.82) is 0 Å². The van der Waals surface area contributed by atoms with Gasteiger partial charge in [0.15, 0.2) is 0 Å². The van der Waals surface area contributed by atoms with Crippen LogP contribution in [0.4, 0.5) is 0 Å². The van der Waals surface area contributed by atoms with E-state index in [4.69, 9.17) is 5.73 Å². The lowest BCUT2D eigenvalue weighted by molar-refractivity contribution is -0.131. The Labute approximate surface area is 160 Å². The number of carbonyl (C=O) groups is 3. The minimum Gasteiger partial charge on any atom is -0.508 e.